The summed E-state index contributed by atoms with van der Waals surface area (Å²) in [4.78, 5) is 0. The Morgan fingerprint density at radius 2 is 1.95 bits per heavy atom. The van der Waals surface area contributed by atoms with E-state index in [9.17, 15) is 0 Å². The SMILES string of the molecule is Cc1ccc(C(C)NCc2cc(Br)c(Br)o2)c(C)c1. The molecular formula is C15H17Br2NO. The van der Waals surface area contributed by atoms with E-state index in [-0.39, 0.29) is 0 Å². The largest absolute Gasteiger partial charge is 0.452 e. The fourth-order valence-electron chi connectivity index (χ4n) is 2.15. The second-order valence-corrected chi connectivity index (χ2v) is 6.37. The number of benzene rings is 1. The van der Waals surface area contributed by atoms with Crippen molar-refractivity contribution >= 4 is 31.9 Å². The van der Waals surface area contributed by atoms with Crippen LogP contribution in [0.3, 0.4) is 0 Å². The molecule has 0 radical (unpaired) electrons. The van der Waals surface area contributed by atoms with Crippen molar-refractivity contribution in [3.05, 3.63) is 55.9 Å². The lowest BCUT2D eigenvalue weighted by molar-refractivity contribution is 0.445. The first-order valence-electron chi connectivity index (χ1n) is 6.21. The van der Waals surface area contributed by atoms with Crippen molar-refractivity contribution in [2.75, 3.05) is 0 Å². The Morgan fingerprint density at radius 1 is 1.21 bits per heavy atom. The fraction of sp³-hybridized carbons (Fsp3) is 0.333. The predicted molar refractivity (Wildman–Crippen MR) is 85.3 cm³/mol. The number of hydrogen-bond acceptors (Lipinski definition) is 2. The van der Waals surface area contributed by atoms with Gasteiger partial charge >= 0.3 is 0 Å². The third kappa shape index (κ3) is 3.71. The molecule has 1 atom stereocenters. The smallest absolute Gasteiger partial charge is 0.183 e. The monoisotopic (exact) mass is 385 g/mol. The number of furan rings is 1. The van der Waals surface area contributed by atoms with Crippen LogP contribution in [0.15, 0.2) is 37.8 Å². The molecule has 0 aliphatic rings. The highest BCUT2D eigenvalue weighted by atomic mass is 79.9. The van der Waals surface area contributed by atoms with Crippen molar-refractivity contribution < 1.29 is 4.42 Å². The Bertz CT molecular complexity index is 558. The predicted octanol–water partition coefficient (Wildman–Crippen LogP) is 5.27. The van der Waals surface area contributed by atoms with Crippen molar-refractivity contribution in [2.45, 2.75) is 33.4 Å². The van der Waals surface area contributed by atoms with Gasteiger partial charge in [0.25, 0.3) is 0 Å². The number of aryl methyl sites for hydroxylation is 2. The second kappa shape index (κ2) is 6.25. The van der Waals surface area contributed by atoms with Gasteiger partial charge in [-0.25, -0.2) is 0 Å². The van der Waals surface area contributed by atoms with E-state index in [1.165, 1.54) is 16.7 Å². The van der Waals surface area contributed by atoms with E-state index in [0.717, 1.165) is 14.9 Å². The first kappa shape index (κ1) is 14.8. The molecule has 2 nitrogen and oxygen atoms in total. The minimum atomic E-state index is 0.295. The molecule has 0 fully saturated rings. The highest BCUT2D eigenvalue weighted by Crippen LogP contribution is 2.27. The van der Waals surface area contributed by atoms with Crippen LogP contribution >= 0.6 is 31.9 Å². The van der Waals surface area contributed by atoms with Gasteiger partial charge in [0.2, 0.25) is 0 Å². The first-order valence-corrected chi connectivity index (χ1v) is 7.80. The van der Waals surface area contributed by atoms with Crippen LogP contribution in [-0.4, -0.2) is 0 Å². The summed E-state index contributed by atoms with van der Waals surface area (Å²) >= 11 is 6.77. The maximum Gasteiger partial charge on any atom is 0.183 e. The van der Waals surface area contributed by atoms with Crippen LogP contribution in [0, 0.1) is 13.8 Å². The van der Waals surface area contributed by atoms with Crippen LogP contribution in [0.5, 0.6) is 0 Å². The maximum absolute atomic E-state index is 5.56. The van der Waals surface area contributed by atoms with Gasteiger partial charge in [0.1, 0.15) is 5.76 Å². The van der Waals surface area contributed by atoms with Crippen LogP contribution in [0.4, 0.5) is 0 Å². The van der Waals surface area contributed by atoms with Gasteiger partial charge in [0, 0.05) is 6.04 Å². The molecular weight excluding hydrogens is 370 g/mol. The quantitative estimate of drug-likeness (QED) is 0.773. The zero-order valence-corrected chi connectivity index (χ0v) is 14.4. The van der Waals surface area contributed by atoms with Gasteiger partial charge in [-0.3, -0.25) is 0 Å². The maximum atomic E-state index is 5.56. The molecule has 0 spiro atoms. The van der Waals surface area contributed by atoms with E-state index in [4.69, 9.17) is 4.42 Å². The lowest BCUT2D eigenvalue weighted by Crippen LogP contribution is -2.18. The van der Waals surface area contributed by atoms with Crippen molar-refractivity contribution in [1.29, 1.82) is 0 Å². The average Bonchev–Trinajstić information content (AvgIpc) is 2.66. The Balaban J connectivity index is 2.03. The van der Waals surface area contributed by atoms with Crippen LogP contribution in [0.1, 0.15) is 35.4 Å². The molecule has 0 amide bonds. The van der Waals surface area contributed by atoms with E-state index < -0.39 is 0 Å². The normalized spacial score (nSPS) is 12.7. The zero-order valence-electron chi connectivity index (χ0n) is 11.3. The number of nitrogens with one attached hydrogen (secondary N) is 1. The number of halogens is 2. The zero-order chi connectivity index (χ0) is 14.0. The molecule has 1 heterocycles. The molecule has 1 aromatic carbocycles. The van der Waals surface area contributed by atoms with Crippen LogP contribution in [0.25, 0.3) is 0 Å². The topological polar surface area (TPSA) is 25.2 Å². The Hall–Kier alpha value is -0.580. The Morgan fingerprint density at radius 3 is 2.53 bits per heavy atom. The molecule has 102 valence electrons. The first-order chi connectivity index (χ1) is 8.97. The summed E-state index contributed by atoms with van der Waals surface area (Å²) in [5, 5.41) is 3.48. The van der Waals surface area contributed by atoms with Crippen LogP contribution < -0.4 is 5.32 Å². The summed E-state index contributed by atoms with van der Waals surface area (Å²) in [5.74, 6) is 0.912. The third-order valence-electron chi connectivity index (χ3n) is 3.17. The van der Waals surface area contributed by atoms with Crippen molar-refractivity contribution in [3.63, 3.8) is 0 Å². The molecule has 0 bridgehead atoms. The van der Waals surface area contributed by atoms with Gasteiger partial charge < -0.3 is 9.73 Å². The van der Waals surface area contributed by atoms with E-state index in [2.05, 4.69) is 76.1 Å². The summed E-state index contributed by atoms with van der Waals surface area (Å²) in [5.41, 5.74) is 3.95. The lowest BCUT2D eigenvalue weighted by atomic mass is 10.0. The van der Waals surface area contributed by atoms with Crippen molar-refractivity contribution in [2.24, 2.45) is 0 Å². The molecule has 1 unspecified atom stereocenters. The van der Waals surface area contributed by atoms with Gasteiger partial charge in [-0.1, -0.05) is 23.8 Å². The second-order valence-electron chi connectivity index (χ2n) is 4.80. The van der Waals surface area contributed by atoms with E-state index in [1.54, 1.807) is 0 Å². The molecule has 1 aromatic heterocycles. The molecule has 19 heavy (non-hydrogen) atoms. The number of hydrogen-bond donors (Lipinski definition) is 1. The third-order valence-corrected chi connectivity index (χ3v) is 4.88. The van der Waals surface area contributed by atoms with Gasteiger partial charge in [-0.2, -0.15) is 0 Å². The van der Waals surface area contributed by atoms with Crippen LogP contribution in [0.2, 0.25) is 0 Å². The Labute approximate surface area is 130 Å². The average molecular weight is 387 g/mol. The standard InChI is InChI=1S/C15H17Br2NO/c1-9-4-5-13(10(2)6-9)11(3)18-8-12-7-14(16)15(17)19-12/h4-7,11,18H,8H2,1-3H3. The van der Waals surface area contributed by atoms with E-state index >= 15 is 0 Å². The molecule has 0 saturated heterocycles. The highest BCUT2D eigenvalue weighted by molar-refractivity contribution is 9.13. The number of rotatable bonds is 4. The Kier molecular flexibility index (Phi) is 4.87. The van der Waals surface area contributed by atoms with E-state index in [0.29, 0.717) is 12.6 Å². The summed E-state index contributed by atoms with van der Waals surface area (Å²) in [7, 11) is 0. The minimum Gasteiger partial charge on any atom is -0.452 e. The van der Waals surface area contributed by atoms with Crippen molar-refractivity contribution in [3.8, 4) is 0 Å². The molecule has 2 rings (SSSR count). The van der Waals surface area contributed by atoms with Gasteiger partial charge in [-0.05, 0) is 69.8 Å². The molecule has 0 saturated carbocycles. The summed E-state index contributed by atoms with van der Waals surface area (Å²) in [6.45, 7) is 7.15. The molecule has 0 aliphatic heterocycles. The lowest BCUT2D eigenvalue weighted by Gasteiger charge is -2.16. The molecule has 0 aliphatic carbocycles. The fourth-order valence-corrected chi connectivity index (χ4v) is 2.81. The minimum absolute atomic E-state index is 0.295. The summed E-state index contributed by atoms with van der Waals surface area (Å²) < 4.78 is 7.24. The molecule has 4 heteroatoms. The van der Waals surface area contributed by atoms with Gasteiger partial charge in [-0.15, -0.1) is 0 Å². The highest BCUT2D eigenvalue weighted by Gasteiger charge is 2.10. The summed E-state index contributed by atoms with van der Waals surface area (Å²) in [6, 6.07) is 8.83. The summed E-state index contributed by atoms with van der Waals surface area (Å²) in [6.07, 6.45) is 0. The molecule has 2 aromatic rings. The van der Waals surface area contributed by atoms with Crippen LogP contribution in [-0.2, 0) is 6.54 Å². The molecule has 1 N–H and O–H groups in total. The van der Waals surface area contributed by atoms with E-state index in [1.807, 2.05) is 6.07 Å². The van der Waals surface area contributed by atoms with Gasteiger partial charge in [0.05, 0.1) is 11.0 Å². The van der Waals surface area contributed by atoms with Crippen molar-refractivity contribution in [1.82, 2.24) is 5.32 Å². The van der Waals surface area contributed by atoms with Gasteiger partial charge in [0.15, 0.2) is 4.67 Å².